The molecule has 82 valence electrons. The van der Waals surface area contributed by atoms with Crippen LogP contribution in [0.3, 0.4) is 0 Å². The van der Waals surface area contributed by atoms with Crippen molar-refractivity contribution in [3.63, 3.8) is 0 Å². The van der Waals surface area contributed by atoms with Gasteiger partial charge in [-0.25, -0.2) is 0 Å². The van der Waals surface area contributed by atoms with Crippen molar-refractivity contribution in [1.29, 1.82) is 0 Å². The van der Waals surface area contributed by atoms with Crippen LogP contribution in [0, 0.1) is 5.92 Å². The molecule has 2 heterocycles. The van der Waals surface area contributed by atoms with E-state index in [0.717, 1.165) is 31.0 Å². The van der Waals surface area contributed by atoms with E-state index >= 15 is 0 Å². The monoisotopic (exact) mass is 206 g/mol. The van der Waals surface area contributed by atoms with Crippen LogP contribution in [0.25, 0.3) is 0 Å². The predicted molar refractivity (Wildman–Crippen MR) is 58.7 cm³/mol. The molecular weight excluding hydrogens is 188 g/mol. The van der Waals surface area contributed by atoms with Crippen molar-refractivity contribution in [3.05, 3.63) is 23.8 Å². The van der Waals surface area contributed by atoms with Gasteiger partial charge in [-0.1, -0.05) is 20.8 Å². The molecule has 1 aliphatic heterocycles. The van der Waals surface area contributed by atoms with E-state index in [9.17, 15) is 0 Å². The van der Waals surface area contributed by atoms with Crippen molar-refractivity contribution in [2.24, 2.45) is 5.92 Å². The topological polar surface area (TPSA) is 35.0 Å². The van der Waals surface area contributed by atoms with Gasteiger partial charge in [0.15, 0.2) is 0 Å². The van der Waals surface area contributed by atoms with Gasteiger partial charge in [-0.05, 0) is 6.42 Å². The Morgan fingerprint density at radius 2 is 2.07 bits per heavy atom. The highest BCUT2D eigenvalue weighted by atomic mass is 16.5. The van der Waals surface area contributed by atoms with Crippen LogP contribution < -0.4 is 0 Å². The summed E-state index contributed by atoms with van der Waals surface area (Å²) in [6.07, 6.45) is 4.73. The molecule has 3 heteroatoms. The van der Waals surface area contributed by atoms with Gasteiger partial charge < -0.3 is 4.74 Å². The van der Waals surface area contributed by atoms with E-state index in [1.165, 1.54) is 0 Å². The third-order valence-corrected chi connectivity index (χ3v) is 2.66. The molecule has 0 bridgehead atoms. The highest BCUT2D eigenvalue weighted by molar-refractivity contribution is 5.12. The van der Waals surface area contributed by atoms with Crippen LogP contribution >= 0.6 is 0 Å². The van der Waals surface area contributed by atoms with Gasteiger partial charge in [-0.15, -0.1) is 0 Å². The average Bonchev–Trinajstić information content (AvgIpc) is 2.11. The molecule has 1 aromatic rings. The highest BCUT2D eigenvalue weighted by Gasteiger charge is 2.21. The molecule has 0 amide bonds. The Kier molecular flexibility index (Phi) is 2.74. The zero-order valence-corrected chi connectivity index (χ0v) is 9.66. The van der Waals surface area contributed by atoms with Crippen molar-refractivity contribution in [2.45, 2.75) is 32.6 Å². The van der Waals surface area contributed by atoms with Gasteiger partial charge in [0.2, 0.25) is 0 Å². The van der Waals surface area contributed by atoms with Crippen LogP contribution in [-0.2, 0) is 16.6 Å². The first-order valence-corrected chi connectivity index (χ1v) is 5.45. The van der Waals surface area contributed by atoms with Crippen LogP contribution in [-0.4, -0.2) is 23.2 Å². The van der Waals surface area contributed by atoms with Crippen LogP contribution in [0.4, 0.5) is 0 Å². The van der Waals surface area contributed by atoms with Gasteiger partial charge in [-0.3, -0.25) is 9.97 Å². The third-order valence-electron chi connectivity index (χ3n) is 2.66. The van der Waals surface area contributed by atoms with Gasteiger partial charge >= 0.3 is 0 Å². The molecule has 0 spiro atoms. The normalized spacial score (nSPS) is 17.5. The van der Waals surface area contributed by atoms with Crippen molar-refractivity contribution in [3.8, 4) is 0 Å². The van der Waals surface area contributed by atoms with Crippen LogP contribution in [0.2, 0.25) is 0 Å². The van der Waals surface area contributed by atoms with E-state index in [1.807, 2.05) is 12.4 Å². The maximum absolute atomic E-state index is 5.16. The molecule has 0 aliphatic carbocycles. The minimum Gasteiger partial charge on any atom is -0.381 e. The Balaban J connectivity index is 2.11. The SMILES string of the molecule is CC(C)(C)c1cncc(CC2COC2)n1. The molecule has 0 aromatic carbocycles. The molecule has 0 saturated carbocycles. The number of aromatic nitrogens is 2. The average molecular weight is 206 g/mol. The molecule has 15 heavy (non-hydrogen) atoms. The van der Waals surface area contributed by atoms with Gasteiger partial charge in [0.25, 0.3) is 0 Å². The van der Waals surface area contributed by atoms with E-state index in [1.54, 1.807) is 0 Å². The summed E-state index contributed by atoms with van der Waals surface area (Å²) in [6.45, 7) is 8.23. The lowest BCUT2D eigenvalue weighted by atomic mass is 9.92. The third kappa shape index (κ3) is 2.53. The lowest BCUT2D eigenvalue weighted by molar-refractivity contribution is -0.0317. The molecule has 1 saturated heterocycles. The maximum atomic E-state index is 5.16. The molecule has 2 rings (SSSR count). The maximum Gasteiger partial charge on any atom is 0.0643 e. The van der Waals surface area contributed by atoms with Gasteiger partial charge in [0, 0.05) is 23.7 Å². The molecule has 0 unspecified atom stereocenters. The van der Waals surface area contributed by atoms with Crippen molar-refractivity contribution < 1.29 is 4.74 Å². The van der Waals surface area contributed by atoms with Gasteiger partial charge in [-0.2, -0.15) is 0 Å². The fourth-order valence-corrected chi connectivity index (χ4v) is 1.56. The summed E-state index contributed by atoms with van der Waals surface area (Å²) in [4.78, 5) is 8.91. The number of hydrogen-bond acceptors (Lipinski definition) is 3. The molecule has 0 atom stereocenters. The van der Waals surface area contributed by atoms with Crippen molar-refractivity contribution in [2.75, 3.05) is 13.2 Å². The second-order valence-corrected chi connectivity index (χ2v) is 5.25. The Bertz CT molecular complexity index is 340. The van der Waals surface area contributed by atoms with Crippen LogP contribution in [0.5, 0.6) is 0 Å². The summed E-state index contributed by atoms with van der Waals surface area (Å²) in [7, 11) is 0. The van der Waals surface area contributed by atoms with Crippen LogP contribution in [0.15, 0.2) is 12.4 Å². The summed E-state index contributed by atoms with van der Waals surface area (Å²) in [5.41, 5.74) is 2.25. The minimum absolute atomic E-state index is 0.0825. The van der Waals surface area contributed by atoms with Gasteiger partial charge in [0.1, 0.15) is 0 Å². The quantitative estimate of drug-likeness (QED) is 0.742. The zero-order valence-electron chi connectivity index (χ0n) is 9.66. The number of rotatable bonds is 2. The van der Waals surface area contributed by atoms with Crippen molar-refractivity contribution >= 4 is 0 Å². The minimum atomic E-state index is 0.0825. The zero-order chi connectivity index (χ0) is 10.9. The second-order valence-electron chi connectivity index (χ2n) is 5.25. The Morgan fingerprint density at radius 3 is 2.60 bits per heavy atom. The van der Waals surface area contributed by atoms with E-state index in [0.29, 0.717) is 5.92 Å². The number of nitrogens with zero attached hydrogens (tertiary/aromatic N) is 2. The Hall–Kier alpha value is -0.960. The fourth-order valence-electron chi connectivity index (χ4n) is 1.56. The molecule has 1 fully saturated rings. The Morgan fingerprint density at radius 1 is 1.33 bits per heavy atom. The van der Waals surface area contributed by atoms with Crippen LogP contribution in [0.1, 0.15) is 32.2 Å². The first kappa shape index (κ1) is 10.6. The molecule has 1 aliphatic rings. The standard InChI is InChI=1S/C12H18N2O/c1-12(2,3)11-6-13-5-10(14-11)4-9-7-15-8-9/h5-6,9H,4,7-8H2,1-3H3. The van der Waals surface area contributed by atoms with E-state index in [4.69, 9.17) is 4.74 Å². The molecule has 0 radical (unpaired) electrons. The molecule has 1 aromatic heterocycles. The number of ether oxygens (including phenoxy) is 1. The summed E-state index contributed by atoms with van der Waals surface area (Å²) < 4.78 is 5.16. The van der Waals surface area contributed by atoms with E-state index in [-0.39, 0.29) is 5.41 Å². The first-order valence-electron chi connectivity index (χ1n) is 5.45. The largest absolute Gasteiger partial charge is 0.381 e. The van der Waals surface area contributed by atoms with Crippen molar-refractivity contribution in [1.82, 2.24) is 9.97 Å². The smallest absolute Gasteiger partial charge is 0.0643 e. The highest BCUT2D eigenvalue weighted by Crippen LogP contribution is 2.21. The predicted octanol–water partition coefficient (Wildman–Crippen LogP) is 1.96. The summed E-state index contributed by atoms with van der Waals surface area (Å²) in [6, 6.07) is 0. The second kappa shape index (κ2) is 3.89. The molecular formula is C12H18N2O. The molecule has 3 nitrogen and oxygen atoms in total. The van der Waals surface area contributed by atoms with E-state index in [2.05, 4.69) is 30.7 Å². The number of hydrogen-bond donors (Lipinski definition) is 0. The lowest BCUT2D eigenvalue weighted by Gasteiger charge is -2.26. The first-order chi connectivity index (χ1) is 7.05. The lowest BCUT2D eigenvalue weighted by Crippen LogP contribution is -2.29. The van der Waals surface area contributed by atoms with Gasteiger partial charge in [0.05, 0.1) is 24.6 Å². The van der Waals surface area contributed by atoms with E-state index < -0.39 is 0 Å². The fraction of sp³-hybridized carbons (Fsp3) is 0.667. The summed E-state index contributed by atoms with van der Waals surface area (Å²) >= 11 is 0. The summed E-state index contributed by atoms with van der Waals surface area (Å²) in [5, 5.41) is 0. The summed E-state index contributed by atoms with van der Waals surface area (Å²) in [5.74, 6) is 0.648. The Labute approximate surface area is 90.9 Å². The molecule has 0 N–H and O–H groups in total.